The van der Waals surface area contributed by atoms with E-state index in [0.29, 0.717) is 45.9 Å². The molecular formula is C44H62N2O10Si6. The number of carbonyl (C=O) groups excluding carboxylic acids is 4. The molecule has 332 valence electrons. The molecule has 0 saturated heterocycles. The first kappa shape index (κ1) is 46.7. The van der Waals surface area contributed by atoms with Crippen LogP contribution in [0.5, 0.6) is 0 Å². The number of hydroxylamine groups is 4. The highest BCUT2D eigenvalue weighted by molar-refractivity contribution is 6.88. The highest BCUT2D eigenvalue weighted by atomic mass is 28.5. The van der Waals surface area contributed by atoms with Crippen molar-refractivity contribution < 1.29 is 45.3 Å². The molecule has 62 heavy (non-hydrogen) atoms. The molecule has 0 atom stereocenters. The Morgan fingerprint density at radius 2 is 0.661 bits per heavy atom. The molecule has 5 aromatic rings. The van der Waals surface area contributed by atoms with E-state index in [1.165, 1.54) is 0 Å². The lowest BCUT2D eigenvalue weighted by Crippen LogP contribution is -2.51. The molecule has 0 spiro atoms. The second kappa shape index (κ2) is 16.3. The monoisotopic (exact) mass is 946 g/mol. The number of fused-ring (bicyclic) bond motifs is 2. The van der Waals surface area contributed by atoms with Crippen LogP contribution in [0.2, 0.25) is 104 Å². The van der Waals surface area contributed by atoms with Gasteiger partial charge < -0.3 is 16.5 Å². The summed E-state index contributed by atoms with van der Waals surface area (Å²) in [5, 5.41) is 7.77. The smallest absolute Gasteiger partial charge is 0.311 e. The number of hydrogen-bond donors (Lipinski definition) is 0. The van der Waals surface area contributed by atoms with E-state index in [1.54, 1.807) is 24.3 Å². The van der Waals surface area contributed by atoms with Crippen molar-refractivity contribution in [1.82, 2.24) is 10.1 Å². The summed E-state index contributed by atoms with van der Waals surface area (Å²) in [6.45, 7) is 30.5. The fourth-order valence-corrected chi connectivity index (χ4v) is 36.1. The predicted octanol–water partition coefficient (Wildman–Crippen LogP) is 11.1. The van der Waals surface area contributed by atoms with Gasteiger partial charge in [0.25, 0.3) is 23.6 Å². The molecule has 0 fully saturated rings. The van der Waals surface area contributed by atoms with Gasteiger partial charge in [-0.2, -0.15) is 0 Å². The van der Waals surface area contributed by atoms with Gasteiger partial charge in [0.15, 0.2) is 33.3 Å². The summed E-state index contributed by atoms with van der Waals surface area (Å²) in [4.78, 5) is 68.0. The van der Waals surface area contributed by atoms with Crippen LogP contribution in [0.1, 0.15) is 54.3 Å². The molecule has 2 heterocycles. The summed E-state index contributed by atoms with van der Waals surface area (Å²) in [6.07, 6.45) is 1.25. The van der Waals surface area contributed by atoms with Gasteiger partial charge in [0.05, 0.1) is 35.5 Å². The van der Waals surface area contributed by atoms with Crippen molar-refractivity contribution in [2.24, 2.45) is 0 Å². The van der Waals surface area contributed by atoms with Crippen LogP contribution in [0.4, 0.5) is 0 Å². The van der Waals surface area contributed by atoms with Gasteiger partial charge in [-0.05, 0) is 173 Å². The van der Waals surface area contributed by atoms with E-state index in [0.717, 1.165) is 54.5 Å². The summed E-state index contributed by atoms with van der Waals surface area (Å²) in [7, 11) is -12.4. The summed E-state index contributed by atoms with van der Waals surface area (Å²) < 4.78 is 26.1. The maximum Gasteiger partial charge on any atom is 0.311 e. The minimum absolute atomic E-state index is 0.186. The third kappa shape index (κ3) is 9.43. The average Bonchev–Trinajstić information content (AvgIpc) is 3.11. The molecule has 0 bridgehead atoms. The van der Waals surface area contributed by atoms with Gasteiger partial charge in [-0.1, -0.05) is 24.3 Å². The van der Waals surface area contributed by atoms with Crippen LogP contribution in [0.25, 0.3) is 43.1 Å². The zero-order valence-electron chi connectivity index (χ0n) is 38.8. The Hall–Kier alpha value is -3.26. The highest BCUT2D eigenvalue weighted by Gasteiger charge is 2.41. The topological polar surface area (TPSA) is 130 Å². The van der Waals surface area contributed by atoms with Crippen molar-refractivity contribution in [3.8, 4) is 0 Å². The molecule has 4 amide bonds. The summed E-state index contributed by atoms with van der Waals surface area (Å²) >= 11 is 0. The molecular weight excluding hydrogens is 885 g/mol. The number of nitrogens with zero attached hydrogens (tertiary/aromatic N) is 2. The predicted molar refractivity (Wildman–Crippen MR) is 260 cm³/mol. The van der Waals surface area contributed by atoms with Crippen molar-refractivity contribution in [3.05, 3.63) is 70.8 Å². The van der Waals surface area contributed by atoms with Crippen LogP contribution in [0, 0.1) is 0 Å². The molecule has 0 unspecified atom stereocenters. The van der Waals surface area contributed by atoms with E-state index in [9.17, 15) is 19.2 Å². The van der Waals surface area contributed by atoms with Gasteiger partial charge in [-0.25, -0.2) is 0 Å². The molecule has 18 heteroatoms. The van der Waals surface area contributed by atoms with Crippen LogP contribution < -0.4 is 0 Å². The van der Waals surface area contributed by atoms with Crippen molar-refractivity contribution in [2.45, 2.75) is 117 Å². The highest BCUT2D eigenvalue weighted by Crippen LogP contribution is 2.46. The first-order valence-electron chi connectivity index (χ1n) is 21.6. The summed E-state index contributed by atoms with van der Waals surface area (Å²) in [5.74, 6) is -2.04. The maximum atomic E-state index is 14.0. The number of rotatable bonds is 18. The molecule has 5 aromatic carbocycles. The molecule has 7 rings (SSSR count). The number of amides is 4. The summed E-state index contributed by atoms with van der Waals surface area (Å²) in [6, 6.07) is 16.1. The van der Waals surface area contributed by atoms with Gasteiger partial charge in [0.2, 0.25) is 0 Å². The molecule has 0 radical (unpaired) electrons. The molecule has 0 N–H and O–H groups in total. The van der Waals surface area contributed by atoms with Crippen LogP contribution in [-0.2, 0) is 26.1 Å². The van der Waals surface area contributed by atoms with E-state index in [2.05, 4.69) is 91.7 Å². The largest absolute Gasteiger partial charge is 0.437 e. The van der Waals surface area contributed by atoms with E-state index in [1.807, 2.05) is 24.3 Å². The molecule has 0 aliphatic carbocycles. The van der Waals surface area contributed by atoms with E-state index >= 15 is 0 Å². The normalized spacial score (nSPS) is 15.8. The van der Waals surface area contributed by atoms with Crippen molar-refractivity contribution in [3.63, 3.8) is 0 Å². The second-order valence-electron chi connectivity index (χ2n) is 20.8. The summed E-state index contributed by atoms with van der Waals surface area (Å²) in [5.41, 5.74) is 1.52. The van der Waals surface area contributed by atoms with Crippen molar-refractivity contribution in [2.75, 3.05) is 13.2 Å². The Morgan fingerprint density at radius 3 is 0.919 bits per heavy atom. The Morgan fingerprint density at radius 1 is 0.387 bits per heavy atom. The number of hydrogen-bond acceptors (Lipinski definition) is 10. The first-order chi connectivity index (χ1) is 28.6. The van der Waals surface area contributed by atoms with Crippen LogP contribution in [-0.4, -0.2) is 97.4 Å². The lowest BCUT2D eigenvalue weighted by molar-refractivity contribution is -0.0952. The molecule has 0 aromatic heterocycles. The van der Waals surface area contributed by atoms with E-state index in [4.69, 9.17) is 26.1 Å². The minimum atomic E-state index is -2.31. The third-order valence-corrected chi connectivity index (χ3v) is 31.3. The lowest BCUT2D eigenvalue weighted by atomic mass is 9.82. The molecule has 2 aliphatic heterocycles. The van der Waals surface area contributed by atoms with Crippen LogP contribution in [0.3, 0.4) is 0 Å². The quantitative estimate of drug-likeness (QED) is 0.0275. The first-order valence-corrected chi connectivity index (χ1v) is 40.3. The van der Waals surface area contributed by atoms with Gasteiger partial charge in [-0.15, -0.1) is 10.1 Å². The van der Waals surface area contributed by atoms with Gasteiger partial charge in [0.1, 0.15) is 0 Å². The zero-order valence-corrected chi connectivity index (χ0v) is 44.8. The minimum Gasteiger partial charge on any atom is -0.437 e. The number of benzene rings is 5. The average molecular weight is 947 g/mol. The van der Waals surface area contributed by atoms with Crippen molar-refractivity contribution in [1.29, 1.82) is 0 Å². The number of imide groups is 2. The fraction of sp³-hybridized carbons (Fsp3) is 0.455. The maximum absolute atomic E-state index is 14.0. The molecule has 0 saturated carbocycles. The standard InChI is InChI=1S/C44H62N2O10Si6/c1-57(2,3)53-61(11,12)55-59(7,8)27-15-25-51-45-41(47)33-21-17-29-31-19-23-35-40-36(24-20-32(38(31)40)30-18-22-34(42(45)48)39(33)37(29)30)44(50)46(43(35)49)52-26-16-28-60(9,10)56-62(13,14)54-58(4,5)6/h17-24H,15-16,25-28H2,1-14H3. The van der Waals surface area contributed by atoms with E-state index < -0.39 is 74.0 Å². The molecule has 12 nitrogen and oxygen atoms in total. The Balaban J connectivity index is 1.10. The van der Waals surface area contributed by atoms with Crippen LogP contribution >= 0.6 is 0 Å². The Kier molecular flexibility index (Phi) is 12.3. The Bertz CT molecular complexity index is 2340. The van der Waals surface area contributed by atoms with E-state index in [-0.39, 0.29) is 13.2 Å². The number of carbonyl (C=O) groups is 4. The van der Waals surface area contributed by atoms with Crippen LogP contribution in [0.15, 0.2) is 48.5 Å². The SMILES string of the molecule is C[Si](C)(C)O[Si](C)(C)O[Si](C)(C)CCCON1C(=O)c2ccc3c4ccc5c6c(ccc(c7ccc(c2c37)C1=O)c64)C(=O)N(OCCC[Si](C)(C)O[Si](C)(C)O[Si](C)(C)C)C5=O. The zero-order chi connectivity index (χ0) is 45.5. The second-order valence-corrected chi connectivity index (χ2v) is 46.1. The lowest BCUT2D eigenvalue weighted by Gasteiger charge is -2.37. The Labute approximate surface area is 371 Å². The van der Waals surface area contributed by atoms with Gasteiger partial charge >= 0.3 is 17.1 Å². The van der Waals surface area contributed by atoms with Crippen molar-refractivity contribution >= 4 is 117 Å². The van der Waals surface area contributed by atoms with Gasteiger partial charge in [0, 0.05) is 10.8 Å². The fourth-order valence-electron chi connectivity index (χ4n) is 9.71. The molecule has 2 aliphatic rings. The van der Waals surface area contributed by atoms with Gasteiger partial charge in [-0.3, -0.25) is 28.9 Å². The third-order valence-electron chi connectivity index (χ3n) is 11.0.